The van der Waals surface area contributed by atoms with Gasteiger partial charge in [0.1, 0.15) is 11.6 Å². The molecule has 1 aliphatic heterocycles. The molecule has 1 heterocycles. The summed E-state index contributed by atoms with van der Waals surface area (Å²) in [7, 11) is 1.61. The summed E-state index contributed by atoms with van der Waals surface area (Å²) in [6.45, 7) is 2.42. The van der Waals surface area contributed by atoms with Gasteiger partial charge in [-0.1, -0.05) is 78.4 Å². The van der Waals surface area contributed by atoms with E-state index in [-0.39, 0.29) is 29.6 Å². The van der Waals surface area contributed by atoms with Gasteiger partial charge in [0.2, 0.25) is 5.91 Å². The summed E-state index contributed by atoms with van der Waals surface area (Å²) in [4.78, 5) is 28.2. The van der Waals surface area contributed by atoms with Crippen LogP contribution in [0, 0.1) is 18.7 Å². The Kier molecular flexibility index (Phi) is 9.97. The van der Waals surface area contributed by atoms with E-state index in [9.17, 15) is 19.1 Å². The average Bonchev–Trinajstić information content (AvgIpc) is 3.11. The van der Waals surface area contributed by atoms with Crippen LogP contribution in [0.2, 0.25) is 0 Å². The summed E-state index contributed by atoms with van der Waals surface area (Å²) < 4.78 is 18.7. The maximum Gasteiger partial charge on any atom is 0.251 e. The molecule has 7 heteroatoms. The fourth-order valence-electron chi connectivity index (χ4n) is 6.26. The van der Waals surface area contributed by atoms with Crippen molar-refractivity contribution in [2.24, 2.45) is 5.92 Å². The summed E-state index contributed by atoms with van der Waals surface area (Å²) in [6.07, 6.45) is 0.861. The molecule has 0 bridgehead atoms. The first-order chi connectivity index (χ1) is 23.3. The third kappa shape index (κ3) is 7.48. The number of hydrogen-bond acceptors (Lipinski definition) is 4. The highest BCUT2D eigenvalue weighted by Crippen LogP contribution is 2.46. The zero-order chi connectivity index (χ0) is 33.6. The number of carbonyl (C=O) groups excluding carboxylic acids is 2. The van der Waals surface area contributed by atoms with Crippen LogP contribution in [0.1, 0.15) is 68.7 Å². The van der Waals surface area contributed by atoms with Crippen LogP contribution in [0.25, 0.3) is 0 Å². The number of rotatable bonds is 12. The Bertz CT molecular complexity index is 1840. The molecular formula is C41H39FN2O4. The highest BCUT2D eigenvalue weighted by Gasteiger charge is 2.48. The maximum absolute atomic E-state index is 13.6. The molecule has 5 aromatic rings. The molecule has 0 aromatic heterocycles. The standard InChI is InChI=1S/C41H39FN2O4/c1-27-3-5-28(6-4-27)25-29-7-11-33(12-8-29)40(46)43-26-30-9-19-35(20-10-30)44-39(32-15-21-36(48-2)22-16-32)37(41(44)47)23-24-38(45)31-13-17-34(42)18-14-31/h3-22,37-39,45H,23-26H2,1-2H3,(H,43,46). The molecule has 244 valence electrons. The van der Waals surface area contributed by atoms with Crippen LogP contribution in [0.15, 0.2) is 121 Å². The van der Waals surface area contributed by atoms with Crippen molar-refractivity contribution in [1.82, 2.24) is 5.32 Å². The molecule has 48 heavy (non-hydrogen) atoms. The molecule has 5 aromatic carbocycles. The minimum Gasteiger partial charge on any atom is -0.497 e. The van der Waals surface area contributed by atoms with Gasteiger partial charge >= 0.3 is 0 Å². The lowest BCUT2D eigenvalue weighted by atomic mass is 9.78. The molecule has 3 unspecified atom stereocenters. The topological polar surface area (TPSA) is 78.9 Å². The number of benzene rings is 5. The van der Waals surface area contributed by atoms with Crippen molar-refractivity contribution in [2.75, 3.05) is 12.0 Å². The molecule has 0 radical (unpaired) electrons. The summed E-state index contributed by atoms with van der Waals surface area (Å²) in [5.41, 5.74) is 7.47. The Morgan fingerprint density at radius 2 is 1.44 bits per heavy atom. The summed E-state index contributed by atoms with van der Waals surface area (Å²) in [6, 6.07) is 37.1. The predicted octanol–water partition coefficient (Wildman–Crippen LogP) is 7.88. The zero-order valence-corrected chi connectivity index (χ0v) is 27.1. The van der Waals surface area contributed by atoms with Crippen molar-refractivity contribution in [2.45, 2.75) is 44.9 Å². The van der Waals surface area contributed by atoms with E-state index >= 15 is 0 Å². The van der Waals surface area contributed by atoms with E-state index in [4.69, 9.17) is 4.74 Å². The smallest absolute Gasteiger partial charge is 0.251 e. The number of amides is 2. The number of nitrogens with zero attached hydrogens (tertiary/aromatic N) is 1. The Hall–Kier alpha value is -5.27. The van der Waals surface area contributed by atoms with Gasteiger partial charge in [-0.25, -0.2) is 4.39 Å². The normalized spacial score (nSPS) is 16.2. The van der Waals surface area contributed by atoms with Gasteiger partial charge in [-0.15, -0.1) is 0 Å². The number of anilines is 1. The molecular weight excluding hydrogens is 603 g/mol. The van der Waals surface area contributed by atoms with Gasteiger partial charge in [0.15, 0.2) is 0 Å². The third-order valence-electron chi connectivity index (χ3n) is 9.09. The van der Waals surface area contributed by atoms with E-state index < -0.39 is 6.10 Å². The molecule has 2 N–H and O–H groups in total. The van der Waals surface area contributed by atoms with Crippen molar-refractivity contribution in [3.63, 3.8) is 0 Å². The van der Waals surface area contributed by atoms with Crippen LogP contribution in [0.4, 0.5) is 10.1 Å². The molecule has 0 spiro atoms. The van der Waals surface area contributed by atoms with Crippen molar-refractivity contribution < 1.29 is 23.8 Å². The lowest BCUT2D eigenvalue weighted by Crippen LogP contribution is -2.55. The van der Waals surface area contributed by atoms with Gasteiger partial charge in [-0.2, -0.15) is 0 Å². The first-order valence-corrected chi connectivity index (χ1v) is 16.2. The highest BCUT2D eigenvalue weighted by atomic mass is 19.1. The lowest BCUT2D eigenvalue weighted by molar-refractivity contribution is -0.131. The van der Waals surface area contributed by atoms with Gasteiger partial charge in [-0.05, 0) is 103 Å². The Morgan fingerprint density at radius 3 is 2.06 bits per heavy atom. The lowest BCUT2D eigenvalue weighted by Gasteiger charge is -2.48. The molecule has 3 atom stereocenters. The van der Waals surface area contributed by atoms with Crippen molar-refractivity contribution in [3.05, 3.63) is 166 Å². The van der Waals surface area contributed by atoms with Gasteiger partial charge < -0.3 is 20.1 Å². The zero-order valence-electron chi connectivity index (χ0n) is 27.1. The highest BCUT2D eigenvalue weighted by molar-refractivity contribution is 6.03. The van der Waals surface area contributed by atoms with Gasteiger partial charge in [0.25, 0.3) is 5.91 Å². The number of aryl methyl sites for hydroxylation is 1. The quantitative estimate of drug-likeness (QED) is 0.136. The third-order valence-corrected chi connectivity index (χ3v) is 9.09. The van der Waals surface area contributed by atoms with E-state index in [2.05, 4.69) is 36.5 Å². The number of ether oxygens (including phenoxy) is 1. The Morgan fingerprint density at radius 1 is 0.833 bits per heavy atom. The first-order valence-electron chi connectivity index (χ1n) is 16.2. The second-order valence-electron chi connectivity index (χ2n) is 12.4. The molecule has 1 saturated heterocycles. The molecule has 2 amide bonds. The Labute approximate surface area is 280 Å². The van der Waals surface area contributed by atoms with E-state index in [1.54, 1.807) is 24.1 Å². The van der Waals surface area contributed by atoms with Gasteiger partial charge in [0, 0.05) is 17.8 Å². The molecule has 0 saturated carbocycles. The average molecular weight is 643 g/mol. The summed E-state index contributed by atoms with van der Waals surface area (Å²) in [5, 5.41) is 13.7. The number of methoxy groups -OCH3 is 1. The fraction of sp³-hybridized carbons (Fsp3) is 0.220. The van der Waals surface area contributed by atoms with Crippen molar-refractivity contribution in [3.8, 4) is 5.75 Å². The van der Waals surface area contributed by atoms with Gasteiger partial charge in [0.05, 0.1) is 25.2 Å². The SMILES string of the molecule is COc1ccc(C2C(CCC(O)c3ccc(F)cc3)C(=O)N2c2ccc(CNC(=O)c3ccc(Cc4ccc(C)cc4)cc3)cc2)cc1. The van der Waals surface area contributed by atoms with Crippen LogP contribution in [-0.2, 0) is 17.8 Å². The molecule has 1 fully saturated rings. The molecule has 6 rings (SSSR count). The number of nitrogens with one attached hydrogen (secondary N) is 1. The van der Waals surface area contributed by atoms with E-state index in [1.807, 2.05) is 72.8 Å². The van der Waals surface area contributed by atoms with E-state index in [0.29, 0.717) is 30.5 Å². The van der Waals surface area contributed by atoms with Crippen LogP contribution >= 0.6 is 0 Å². The van der Waals surface area contributed by atoms with E-state index in [1.165, 1.54) is 23.3 Å². The number of hydrogen-bond donors (Lipinski definition) is 2. The minimum absolute atomic E-state index is 0.0194. The van der Waals surface area contributed by atoms with Crippen molar-refractivity contribution in [1.29, 1.82) is 0 Å². The second-order valence-corrected chi connectivity index (χ2v) is 12.4. The Balaban J connectivity index is 1.09. The summed E-state index contributed by atoms with van der Waals surface area (Å²) >= 11 is 0. The van der Waals surface area contributed by atoms with Crippen LogP contribution in [0.3, 0.4) is 0 Å². The van der Waals surface area contributed by atoms with E-state index in [0.717, 1.165) is 34.5 Å². The number of carbonyl (C=O) groups is 2. The number of β-lactam (4-membered cyclic amide) rings is 1. The maximum atomic E-state index is 13.6. The minimum atomic E-state index is -0.796. The fourth-order valence-corrected chi connectivity index (χ4v) is 6.26. The number of aliphatic hydroxyl groups is 1. The molecule has 0 aliphatic carbocycles. The van der Waals surface area contributed by atoms with Crippen molar-refractivity contribution >= 4 is 17.5 Å². The second kappa shape index (κ2) is 14.7. The molecule has 1 aliphatic rings. The predicted molar refractivity (Wildman–Crippen MR) is 185 cm³/mol. The van der Waals surface area contributed by atoms with Crippen LogP contribution < -0.4 is 15.0 Å². The first kappa shape index (κ1) is 32.7. The summed E-state index contributed by atoms with van der Waals surface area (Å²) in [5.74, 6) is -0.124. The monoisotopic (exact) mass is 642 g/mol. The van der Waals surface area contributed by atoms with Crippen LogP contribution in [0.5, 0.6) is 5.75 Å². The van der Waals surface area contributed by atoms with Gasteiger partial charge in [-0.3, -0.25) is 9.59 Å². The largest absolute Gasteiger partial charge is 0.497 e. The van der Waals surface area contributed by atoms with Crippen LogP contribution in [-0.4, -0.2) is 24.0 Å². The number of aliphatic hydroxyl groups excluding tert-OH is 1. The molecule has 6 nitrogen and oxygen atoms in total. The number of halogens is 1.